The molecule has 2 aromatic rings. The van der Waals surface area contributed by atoms with Gasteiger partial charge in [-0.25, -0.2) is 9.40 Å². The molecule has 0 unspecified atom stereocenters. The molecule has 31 heavy (non-hydrogen) atoms. The molecule has 8 heteroatoms. The topological polar surface area (TPSA) is 65.0 Å². The van der Waals surface area contributed by atoms with Gasteiger partial charge in [-0.3, -0.25) is 14.5 Å². The van der Waals surface area contributed by atoms with Gasteiger partial charge in [-0.15, -0.1) is 11.3 Å². The number of hydrogen-bond acceptors (Lipinski definition) is 5. The molecule has 0 bridgehead atoms. The highest BCUT2D eigenvalue weighted by Gasteiger charge is 2.26. The number of carbonyl (C=O) groups excluding carboxylic acids is 2. The first-order valence-electron chi connectivity index (χ1n) is 10.7. The number of thiophene rings is 1. The maximum absolute atomic E-state index is 13.1. The van der Waals surface area contributed by atoms with E-state index in [4.69, 9.17) is 0 Å². The maximum Gasteiger partial charge on any atom is 0.267 e. The van der Waals surface area contributed by atoms with Crippen LogP contribution in [0, 0.1) is 11.7 Å². The normalized spacial score (nSPS) is 18.2. The van der Waals surface area contributed by atoms with Crippen molar-refractivity contribution in [2.45, 2.75) is 38.8 Å². The fourth-order valence-corrected chi connectivity index (χ4v) is 4.71. The summed E-state index contributed by atoms with van der Waals surface area (Å²) in [6, 6.07) is 10.2. The Bertz CT molecular complexity index is 922. The van der Waals surface area contributed by atoms with Gasteiger partial charge in [-0.05, 0) is 61.0 Å². The van der Waals surface area contributed by atoms with E-state index in [1.807, 2.05) is 0 Å². The predicted molar refractivity (Wildman–Crippen MR) is 119 cm³/mol. The van der Waals surface area contributed by atoms with Crippen LogP contribution in [0.2, 0.25) is 0 Å². The van der Waals surface area contributed by atoms with Gasteiger partial charge in [0.25, 0.3) is 5.91 Å². The zero-order valence-electron chi connectivity index (χ0n) is 17.4. The minimum atomic E-state index is -0.324. The van der Waals surface area contributed by atoms with Crippen LogP contribution in [-0.4, -0.2) is 47.1 Å². The Kier molecular flexibility index (Phi) is 7.09. The lowest BCUT2D eigenvalue weighted by Gasteiger charge is -2.31. The van der Waals surface area contributed by atoms with E-state index in [9.17, 15) is 14.0 Å². The van der Waals surface area contributed by atoms with Crippen molar-refractivity contribution in [2.24, 2.45) is 11.0 Å². The Labute approximate surface area is 185 Å². The average molecular weight is 443 g/mol. The van der Waals surface area contributed by atoms with E-state index in [2.05, 4.69) is 32.8 Å². The summed E-state index contributed by atoms with van der Waals surface area (Å²) in [6.45, 7) is 3.96. The molecule has 0 spiro atoms. The average Bonchev–Trinajstić information content (AvgIpc) is 3.29. The van der Waals surface area contributed by atoms with Crippen LogP contribution in [0.5, 0.6) is 0 Å². The summed E-state index contributed by atoms with van der Waals surface area (Å²) in [5, 5.41) is 10.7. The molecule has 1 N–H and O–H groups in total. The molecule has 164 valence electrons. The fourth-order valence-electron chi connectivity index (χ4n) is 3.96. The molecule has 1 saturated heterocycles. The number of nitrogens with one attached hydrogen (secondary N) is 1. The molecule has 0 aliphatic carbocycles. The number of rotatable bonds is 7. The molecule has 2 aliphatic rings. The Morgan fingerprint density at radius 2 is 1.90 bits per heavy atom. The molecule has 3 heterocycles. The summed E-state index contributed by atoms with van der Waals surface area (Å²) < 4.78 is 13.1. The van der Waals surface area contributed by atoms with Crippen LogP contribution in [-0.2, 0) is 22.7 Å². The minimum Gasteiger partial charge on any atom is -0.351 e. The van der Waals surface area contributed by atoms with E-state index < -0.39 is 0 Å². The van der Waals surface area contributed by atoms with Gasteiger partial charge in [0.2, 0.25) is 5.91 Å². The number of piperidine rings is 1. The summed E-state index contributed by atoms with van der Waals surface area (Å²) in [5.41, 5.74) is 1.16. The van der Waals surface area contributed by atoms with Crippen molar-refractivity contribution in [1.29, 1.82) is 0 Å². The van der Waals surface area contributed by atoms with Crippen LogP contribution >= 0.6 is 11.3 Å². The summed E-state index contributed by atoms with van der Waals surface area (Å²) in [5.74, 6) is -0.184. The number of nitrogens with zero attached hydrogens (tertiary/aromatic N) is 3. The first-order valence-corrected chi connectivity index (χ1v) is 11.6. The molecule has 4 rings (SSSR count). The molecule has 2 amide bonds. The van der Waals surface area contributed by atoms with Crippen molar-refractivity contribution in [2.75, 3.05) is 19.6 Å². The second-order valence-electron chi connectivity index (χ2n) is 8.13. The van der Waals surface area contributed by atoms with E-state index in [1.54, 1.807) is 23.5 Å². The van der Waals surface area contributed by atoms with Crippen LogP contribution < -0.4 is 5.32 Å². The first-order chi connectivity index (χ1) is 15.1. The van der Waals surface area contributed by atoms with E-state index in [-0.39, 0.29) is 30.6 Å². The highest BCUT2D eigenvalue weighted by Crippen LogP contribution is 2.20. The second kappa shape index (κ2) is 10.2. The van der Waals surface area contributed by atoms with E-state index >= 15 is 0 Å². The van der Waals surface area contributed by atoms with Crippen LogP contribution in [0.4, 0.5) is 4.39 Å². The van der Waals surface area contributed by atoms with E-state index in [0.29, 0.717) is 24.6 Å². The Morgan fingerprint density at radius 1 is 1.13 bits per heavy atom. The molecule has 1 aromatic heterocycles. The number of hydrogen-bond donors (Lipinski definition) is 1. The first kappa shape index (κ1) is 21.6. The fraction of sp³-hybridized carbons (Fsp3) is 0.435. The molecule has 0 atom stereocenters. The Balaban J connectivity index is 1.25. The third kappa shape index (κ3) is 5.98. The van der Waals surface area contributed by atoms with E-state index in [0.717, 1.165) is 38.0 Å². The van der Waals surface area contributed by atoms with Crippen molar-refractivity contribution in [3.8, 4) is 0 Å². The smallest absolute Gasteiger partial charge is 0.267 e. The lowest BCUT2D eigenvalue weighted by Crippen LogP contribution is -2.42. The molecular weight excluding hydrogens is 415 g/mol. The number of likely N-dealkylation sites (tertiary alicyclic amines) is 1. The van der Waals surface area contributed by atoms with Crippen molar-refractivity contribution in [3.05, 3.63) is 58.0 Å². The van der Waals surface area contributed by atoms with Crippen LogP contribution in [0.1, 0.15) is 36.1 Å². The summed E-state index contributed by atoms with van der Waals surface area (Å²) in [7, 11) is 0. The molecule has 6 nitrogen and oxygen atoms in total. The largest absolute Gasteiger partial charge is 0.351 e. The Morgan fingerprint density at radius 3 is 2.61 bits per heavy atom. The third-order valence-corrected chi connectivity index (χ3v) is 6.69. The summed E-state index contributed by atoms with van der Waals surface area (Å²) in [6.07, 6.45) is 2.74. The van der Waals surface area contributed by atoms with Crippen LogP contribution in [0.3, 0.4) is 0 Å². The van der Waals surface area contributed by atoms with Gasteiger partial charge in [-0.2, -0.15) is 5.10 Å². The zero-order chi connectivity index (χ0) is 21.6. The van der Waals surface area contributed by atoms with E-state index in [1.165, 1.54) is 22.0 Å². The zero-order valence-corrected chi connectivity index (χ0v) is 18.2. The molecule has 1 aromatic carbocycles. The van der Waals surface area contributed by atoms with Gasteiger partial charge in [0, 0.05) is 30.8 Å². The van der Waals surface area contributed by atoms with Crippen molar-refractivity contribution < 1.29 is 14.0 Å². The van der Waals surface area contributed by atoms with Crippen molar-refractivity contribution in [1.82, 2.24) is 15.2 Å². The number of hydrazone groups is 1. The molecule has 2 aliphatic heterocycles. The SMILES string of the molecule is O=C(NCC1CCN(Cc2cccs2)CC1)C1=NN(Cc2ccc(F)cc2)C(=O)CC1. The van der Waals surface area contributed by atoms with Gasteiger partial charge in [0.1, 0.15) is 11.5 Å². The number of amides is 2. The second-order valence-corrected chi connectivity index (χ2v) is 9.17. The number of carbonyl (C=O) groups is 2. The molecule has 1 fully saturated rings. The summed E-state index contributed by atoms with van der Waals surface area (Å²) in [4.78, 5) is 28.7. The van der Waals surface area contributed by atoms with Gasteiger partial charge in [0.15, 0.2) is 0 Å². The minimum absolute atomic E-state index is 0.126. The van der Waals surface area contributed by atoms with Gasteiger partial charge in [-0.1, -0.05) is 18.2 Å². The van der Waals surface area contributed by atoms with Crippen LogP contribution in [0.25, 0.3) is 0 Å². The lowest BCUT2D eigenvalue weighted by atomic mass is 9.96. The quantitative estimate of drug-likeness (QED) is 0.715. The highest BCUT2D eigenvalue weighted by molar-refractivity contribution is 7.09. The van der Waals surface area contributed by atoms with Crippen molar-refractivity contribution >= 4 is 28.9 Å². The standard InChI is InChI=1S/C23H27FN4O2S/c24-19-5-3-18(4-6-19)15-28-22(29)8-7-21(26-28)23(30)25-14-17-9-11-27(12-10-17)16-20-2-1-13-31-20/h1-6,13,17H,7-12,14-16H2,(H,25,30). The summed E-state index contributed by atoms with van der Waals surface area (Å²) >= 11 is 1.79. The molecular formula is C23H27FN4O2S. The van der Waals surface area contributed by atoms with Crippen LogP contribution in [0.15, 0.2) is 46.9 Å². The molecule has 0 saturated carbocycles. The monoisotopic (exact) mass is 442 g/mol. The lowest BCUT2D eigenvalue weighted by molar-refractivity contribution is -0.132. The predicted octanol–water partition coefficient (Wildman–Crippen LogP) is 3.39. The highest BCUT2D eigenvalue weighted by atomic mass is 32.1. The number of halogens is 1. The van der Waals surface area contributed by atoms with Gasteiger partial charge >= 0.3 is 0 Å². The molecule has 0 radical (unpaired) electrons. The number of benzene rings is 1. The third-order valence-electron chi connectivity index (χ3n) is 5.83. The van der Waals surface area contributed by atoms with Gasteiger partial charge < -0.3 is 5.32 Å². The Hall–Kier alpha value is -2.58. The maximum atomic E-state index is 13.1. The van der Waals surface area contributed by atoms with Crippen molar-refractivity contribution in [3.63, 3.8) is 0 Å². The van der Waals surface area contributed by atoms with Gasteiger partial charge in [0.05, 0.1) is 6.54 Å².